The Morgan fingerprint density at radius 3 is 2.00 bits per heavy atom. The molecule has 1 fully saturated rings. The van der Waals surface area contributed by atoms with Gasteiger partial charge in [-0.05, 0) is 0 Å². The van der Waals surface area contributed by atoms with Crippen LogP contribution in [0.15, 0.2) is 0 Å². The van der Waals surface area contributed by atoms with Crippen molar-refractivity contribution in [1.82, 2.24) is 0 Å². The van der Waals surface area contributed by atoms with E-state index in [9.17, 15) is 25.5 Å². The molecule has 7 N–H and O–H groups in total. The molecule has 1 heterocycles. The second kappa shape index (κ2) is 6.03. The lowest BCUT2D eigenvalue weighted by Gasteiger charge is -2.42. The second-order valence-electron chi connectivity index (χ2n) is 4.03. The second-order valence-corrected chi connectivity index (χ2v) is 4.03. The van der Waals surface area contributed by atoms with Gasteiger partial charge in [0.1, 0.15) is 42.7 Å². The van der Waals surface area contributed by atoms with Gasteiger partial charge < -0.3 is 40.5 Å². The van der Waals surface area contributed by atoms with E-state index < -0.39 is 55.9 Å². The van der Waals surface area contributed by atoms with Crippen molar-refractivity contribution in [2.75, 3.05) is 13.2 Å². The van der Waals surface area contributed by atoms with Crippen LogP contribution < -0.4 is 0 Å². The molecule has 1 aliphatic heterocycles. The lowest BCUT2D eigenvalue weighted by atomic mass is 9.91. The van der Waals surface area contributed by atoms with E-state index in [0.29, 0.717) is 0 Å². The Labute approximate surface area is 97.3 Å². The van der Waals surface area contributed by atoms with Crippen LogP contribution in [-0.2, 0) is 4.74 Å². The van der Waals surface area contributed by atoms with Crippen LogP contribution in [0.1, 0.15) is 0 Å². The third kappa shape index (κ3) is 2.92. The van der Waals surface area contributed by atoms with E-state index in [2.05, 4.69) is 0 Å². The normalized spacial score (nSPS) is 42.2. The number of ether oxygens (including phenoxy) is 1. The lowest BCUT2D eigenvalue weighted by Crippen LogP contribution is -2.63. The number of hydrogen-bond donors (Lipinski definition) is 7. The summed E-state index contributed by atoms with van der Waals surface area (Å²) >= 11 is 0. The van der Waals surface area contributed by atoms with Crippen LogP contribution in [0.4, 0.5) is 0 Å². The first-order valence-electron chi connectivity index (χ1n) is 5.21. The van der Waals surface area contributed by atoms with Gasteiger partial charge in [-0.25, -0.2) is 0 Å². The van der Waals surface area contributed by atoms with Crippen LogP contribution in [-0.4, -0.2) is 91.7 Å². The van der Waals surface area contributed by atoms with E-state index in [0.717, 1.165) is 0 Å². The molecule has 1 rings (SSSR count). The highest BCUT2D eigenvalue weighted by Gasteiger charge is 2.47. The van der Waals surface area contributed by atoms with E-state index in [-0.39, 0.29) is 0 Å². The Balaban J connectivity index is 2.78. The third-order valence-corrected chi connectivity index (χ3v) is 2.85. The van der Waals surface area contributed by atoms with Crippen LogP contribution in [0.5, 0.6) is 0 Å². The minimum absolute atomic E-state index is 0.622. The summed E-state index contributed by atoms with van der Waals surface area (Å²) in [6.07, 6.45) is -10.5. The predicted octanol–water partition coefficient (Wildman–Crippen LogP) is -4.46. The summed E-state index contributed by atoms with van der Waals surface area (Å²) < 4.78 is 4.98. The molecule has 0 radical (unpaired) electrons. The maximum absolute atomic E-state index is 9.57. The first-order chi connectivity index (χ1) is 7.93. The fourth-order valence-corrected chi connectivity index (χ4v) is 1.74. The molecule has 8 nitrogen and oxygen atoms in total. The molecule has 0 spiro atoms. The van der Waals surface area contributed by atoms with Crippen molar-refractivity contribution in [2.24, 2.45) is 0 Å². The Bertz CT molecular complexity index is 231. The Morgan fingerprint density at radius 2 is 1.53 bits per heavy atom. The zero-order valence-corrected chi connectivity index (χ0v) is 8.99. The summed E-state index contributed by atoms with van der Waals surface area (Å²) in [6, 6.07) is 0. The summed E-state index contributed by atoms with van der Waals surface area (Å²) in [5.41, 5.74) is 0. The monoisotopic (exact) mass is 254 g/mol. The van der Waals surface area contributed by atoms with Crippen molar-refractivity contribution in [1.29, 1.82) is 0 Å². The van der Waals surface area contributed by atoms with Gasteiger partial charge in [-0.3, -0.25) is 0 Å². The average molecular weight is 254 g/mol. The van der Waals surface area contributed by atoms with Crippen molar-refractivity contribution >= 4 is 0 Å². The summed E-state index contributed by atoms with van der Waals surface area (Å²) in [7, 11) is 0. The molecule has 0 bridgehead atoms. The number of aliphatic hydroxyl groups is 7. The van der Waals surface area contributed by atoms with Crippen LogP contribution in [0.3, 0.4) is 0 Å². The molecule has 102 valence electrons. The minimum atomic E-state index is -1.65. The van der Waals surface area contributed by atoms with Crippen LogP contribution in [0.25, 0.3) is 0 Å². The Kier molecular flexibility index (Phi) is 5.22. The molecule has 2 unspecified atom stereocenters. The number of rotatable bonds is 4. The highest BCUT2D eigenvalue weighted by atomic mass is 16.6. The summed E-state index contributed by atoms with van der Waals surface area (Å²) in [4.78, 5) is 0. The number of hydrogen-bond acceptors (Lipinski definition) is 8. The lowest BCUT2D eigenvalue weighted by molar-refractivity contribution is -0.258. The van der Waals surface area contributed by atoms with Gasteiger partial charge in [0.25, 0.3) is 0 Å². The average Bonchev–Trinajstić information content (AvgIpc) is 2.34. The molecule has 8 heteroatoms. The van der Waals surface area contributed by atoms with E-state index >= 15 is 0 Å². The molecule has 0 amide bonds. The fraction of sp³-hybridized carbons (Fsp3) is 1.00. The first kappa shape index (κ1) is 14.7. The van der Waals surface area contributed by atoms with Crippen molar-refractivity contribution in [3.05, 3.63) is 0 Å². The van der Waals surface area contributed by atoms with Gasteiger partial charge >= 0.3 is 0 Å². The zero-order valence-electron chi connectivity index (χ0n) is 8.99. The maximum atomic E-state index is 9.57. The van der Waals surface area contributed by atoms with E-state index in [1.54, 1.807) is 0 Å². The summed E-state index contributed by atoms with van der Waals surface area (Å²) in [5, 5.41) is 64.8. The summed E-state index contributed by atoms with van der Waals surface area (Å²) in [6.45, 7) is -1.38. The highest BCUT2D eigenvalue weighted by Crippen LogP contribution is 2.24. The SMILES string of the molecule is OCC(O)C(O)[C@@H]1O[C@H](CO)[C@@H](O)[C@H](O)[C@H]1O. The molecule has 0 aromatic carbocycles. The molecule has 0 aromatic heterocycles. The van der Waals surface area contributed by atoms with Gasteiger partial charge in [-0.2, -0.15) is 0 Å². The van der Waals surface area contributed by atoms with Gasteiger partial charge in [-0.1, -0.05) is 0 Å². The van der Waals surface area contributed by atoms with E-state index in [1.807, 2.05) is 0 Å². The van der Waals surface area contributed by atoms with Gasteiger partial charge in [0.05, 0.1) is 13.2 Å². The fourth-order valence-electron chi connectivity index (χ4n) is 1.74. The van der Waals surface area contributed by atoms with Gasteiger partial charge in [0, 0.05) is 0 Å². The van der Waals surface area contributed by atoms with Crippen molar-refractivity contribution in [2.45, 2.75) is 42.7 Å². The van der Waals surface area contributed by atoms with E-state index in [1.165, 1.54) is 0 Å². The Hall–Kier alpha value is -0.320. The third-order valence-electron chi connectivity index (χ3n) is 2.85. The van der Waals surface area contributed by atoms with Crippen LogP contribution in [0.2, 0.25) is 0 Å². The Morgan fingerprint density at radius 1 is 0.941 bits per heavy atom. The molecular formula is C9H18O8. The van der Waals surface area contributed by atoms with Crippen molar-refractivity contribution < 1.29 is 40.5 Å². The van der Waals surface area contributed by atoms with Crippen LogP contribution in [0, 0.1) is 0 Å². The van der Waals surface area contributed by atoms with Gasteiger partial charge in [-0.15, -0.1) is 0 Å². The predicted molar refractivity (Wildman–Crippen MR) is 52.9 cm³/mol. The van der Waals surface area contributed by atoms with E-state index in [4.69, 9.17) is 14.9 Å². The molecule has 17 heavy (non-hydrogen) atoms. The van der Waals surface area contributed by atoms with Crippen molar-refractivity contribution in [3.8, 4) is 0 Å². The number of aliphatic hydroxyl groups excluding tert-OH is 7. The molecule has 0 saturated carbocycles. The maximum Gasteiger partial charge on any atom is 0.115 e. The first-order valence-corrected chi connectivity index (χ1v) is 5.21. The minimum Gasteiger partial charge on any atom is -0.394 e. The molecule has 0 aromatic rings. The van der Waals surface area contributed by atoms with Crippen molar-refractivity contribution in [3.63, 3.8) is 0 Å². The zero-order chi connectivity index (χ0) is 13.2. The standard InChI is InChI=1S/C9H18O8/c10-1-3(12)5(13)9-8(16)7(15)6(14)4(2-11)17-9/h3-16H,1-2H2/t3?,4-,5?,6-,7+,8-,9+/m1/s1. The molecular weight excluding hydrogens is 236 g/mol. The largest absolute Gasteiger partial charge is 0.394 e. The highest BCUT2D eigenvalue weighted by molar-refractivity contribution is 4.96. The smallest absolute Gasteiger partial charge is 0.115 e. The summed E-state index contributed by atoms with van der Waals surface area (Å²) in [5.74, 6) is 0. The van der Waals surface area contributed by atoms with Crippen LogP contribution >= 0.6 is 0 Å². The van der Waals surface area contributed by atoms with Gasteiger partial charge in [0.15, 0.2) is 0 Å². The molecule has 1 saturated heterocycles. The molecule has 0 aliphatic carbocycles. The van der Waals surface area contributed by atoms with Gasteiger partial charge in [0.2, 0.25) is 0 Å². The quantitative estimate of drug-likeness (QED) is 0.265. The molecule has 1 aliphatic rings. The topological polar surface area (TPSA) is 151 Å². The molecule has 7 atom stereocenters.